The van der Waals surface area contributed by atoms with E-state index in [1.807, 2.05) is 61.0 Å². The molecule has 1 aliphatic rings. The van der Waals surface area contributed by atoms with Gasteiger partial charge in [0.15, 0.2) is 5.82 Å². The molecule has 3 aromatic rings. The fourth-order valence-electron chi connectivity index (χ4n) is 3.38. The molecule has 0 saturated carbocycles. The maximum Gasteiger partial charge on any atom is 0.255 e. The lowest BCUT2D eigenvalue weighted by Gasteiger charge is -2.23. The summed E-state index contributed by atoms with van der Waals surface area (Å²) in [6.07, 6.45) is 0.938. The van der Waals surface area contributed by atoms with Crippen LogP contribution in [0.1, 0.15) is 40.1 Å². The highest BCUT2D eigenvalue weighted by molar-refractivity contribution is 6.04. The second-order valence-corrected chi connectivity index (χ2v) is 7.46. The maximum absolute atomic E-state index is 12.6. The van der Waals surface area contributed by atoms with Crippen LogP contribution < -0.4 is 15.4 Å². The van der Waals surface area contributed by atoms with E-state index in [0.717, 1.165) is 30.3 Å². The number of aryl methyl sites for hydroxylation is 1. The molecular weight excluding hydrogens is 366 g/mol. The van der Waals surface area contributed by atoms with Gasteiger partial charge in [0.25, 0.3) is 5.91 Å². The van der Waals surface area contributed by atoms with E-state index in [2.05, 4.69) is 27.8 Å². The van der Waals surface area contributed by atoms with E-state index in [4.69, 9.17) is 4.74 Å². The van der Waals surface area contributed by atoms with Crippen LogP contribution in [-0.2, 0) is 26.6 Å². The minimum Gasteiger partial charge on any atom is -0.486 e. The molecule has 1 aliphatic heterocycles. The minimum absolute atomic E-state index is 0.109. The Kier molecular flexibility index (Phi) is 5.31. The number of hydrogen-bond donors (Lipinski definition) is 2. The second-order valence-electron chi connectivity index (χ2n) is 7.46. The van der Waals surface area contributed by atoms with Crippen molar-refractivity contribution in [2.75, 3.05) is 5.32 Å². The van der Waals surface area contributed by atoms with Crippen molar-refractivity contribution in [1.29, 1.82) is 0 Å². The van der Waals surface area contributed by atoms with Crippen LogP contribution in [0, 0.1) is 6.92 Å². The van der Waals surface area contributed by atoms with Gasteiger partial charge in [-0.3, -0.25) is 4.79 Å². The molecule has 0 spiro atoms. The van der Waals surface area contributed by atoms with Crippen molar-refractivity contribution < 1.29 is 9.53 Å². The normalized spacial score (nSPS) is 15.6. The molecule has 150 valence electrons. The minimum atomic E-state index is -0.109. The van der Waals surface area contributed by atoms with Crippen LogP contribution in [0.5, 0.6) is 5.75 Å². The van der Waals surface area contributed by atoms with Gasteiger partial charge in [0.05, 0.1) is 0 Å². The van der Waals surface area contributed by atoms with E-state index in [1.54, 1.807) is 0 Å². The fourth-order valence-corrected chi connectivity index (χ4v) is 3.38. The Hall–Kier alpha value is -3.19. The molecule has 7 heteroatoms. The number of carbonyl (C=O) groups excluding carboxylic acids is 1. The third-order valence-corrected chi connectivity index (χ3v) is 5.30. The van der Waals surface area contributed by atoms with Crippen molar-refractivity contribution in [1.82, 2.24) is 20.1 Å². The number of amides is 1. The van der Waals surface area contributed by atoms with Gasteiger partial charge in [0.1, 0.15) is 18.2 Å². The first-order valence-corrected chi connectivity index (χ1v) is 9.74. The van der Waals surface area contributed by atoms with Gasteiger partial charge in [-0.2, -0.15) is 0 Å². The van der Waals surface area contributed by atoms with Gasteiger partial charge in [0.2, 0.25) is 0 Å². The monoisotopic (exact) mass is 391 g/mol. The van der Waals surface area contributed by atoms with Crippen LogP contribution >= 0.6 is 0 Å². The molecule has 0 bridgehead atoms. The van der Waals surface area contributed by atoms with E-state index >= 15 is 0 Å². The lowest BCUT2D eigenvalue weighted by Crippen LogP contribution is -2.33. The average molecular weight is 391 g/mol. The zero-order chi connectivity index (χ0) is 20.4. The number of anilines is 1. The van der Waals surface area contributed by atoms with Gasteiger partial charge in [-0.15, -0.1) is 10.2 Å². The summed E-state index contributed by atoms with van der Waals surface area (Å²) in [6, 6.07) is 13.7. The van der Waals surface area contributed by atoms with Crippen LogP contribution in [0.25, 0.3) is 0 Å². The van der Waals surface area contributed by atoms with Crippen molar-refractivity contribution in [3.05, 3.63) is 70.8 Å². The molecule has 1 unspecified atom stereocenters. The molecule has 0 radical (unpaired) electrons. The van der Waals surface area contributed by atoms with Gasteiger partial charge in [-0.25, -0.2) is 0 Å². The Morgan fingerprint density at radius 1 is 1.21 bits per heavy atom. The maximum atomic E-state index is 12.6. The Morgan fingerprint density at radius 2 is 2.00 bits per heavy atom. The summed E-state index contributed by atoms with van der Waals surface area (Å²) >= 11 is 0. The molecule has 0 fully saturated rings. The highest BCUT2D eigenvalue weighted by atomic mass is 16.5. The third-order valence-electron chi connectivity index (χ3n) is 5.30. The summed E-state index contributed by atoms with van der Waals surface area (Å²) in [5.74, 6) is 2.20. The van der Waals surface area contributed by atoms with Crippen LogP contribution in [0.2, 0.25) is 0 Å². The van der Waals surface area contributed by atoms with Crippen molar-refractivity contribution in [2.45, 2.75) is 39.5 Å². The lowest BCUT2D eigenvalue weighted by molar-refractivity contribution is 0.102. The molecule has 2 N–H and O–H groups in total. The Bertz CT molecular complexity index is 1030. The van der Waals surface area contributed by atoms with Gasteiger partial charge < -0.3 is 19.9 Å². The van der Waals surface area contributed by atoms with Crippen molar-refractivity contribution in [3.63, 3.8) is 0 Å². The van der Waals surface area contributed by atoms with Crippen molar-refractivity contribution in [2.24, 2.45) is 7.05 Å². The summed E-state index contributed by atoms with van der Waals surface area (Å²) in [6.45, 7) is 5.25. The highest BCUT2D eigenvalue weighted by Crippen LogP contribution is 2.21. The van der Waals surface area contributed by atoms with Gasteiger partial charge in [-0.05, 0) is 67.8 Å². The molecule has 2 aromatic carbocycles. The van der Waals surface area contributed by atoms with E-state index in [9.17, 15) is 4.79 Å². The Balaban J connectivity index is 1.38. The van der Waals surface area contributed by atoms with Crippen LogP contribution in [0.15, 0.2) is 42.5 Å². The van der Waals surface area contributed by atoms with Gasteiger partial charge in [0, 0.05) is 30.9 Å². The van der Waals surface area contributed by atoms with E-state index in [0.29, 0.717) is 24.0 Å². The smallest absolute Gasteiger partial charge is 0.255 e. The number of carbonyl (C=O) groups is 1. The average Bonchev–Trinajstić information content (AvgIpc) is 3.04. The summed E-state index contributed by atoms with van der Waals surface area (Å²) in [5.41, 5.74) is 3.91. The van der Waals surface area contributed by atoms with E-state index in [1.165, 1.54) is 11.1 Å². The van der Waals surface area contributed by atoms with Crippen LogP contribution in [0.4, 0.5) is 5.69 Å². The van der Waals surface area contributed by atoms with Gasteiger partial charge >= 0.3 is 0 Å². The van der Waals surface area contributed by atoms with E-state index in [-0.39, 0.29) is 5.91 Å². The molecular formula is C22H25N5O2. The number of fused-ring (bicyclic) bond motifs is 1. The first kappa shape index (κ1) is 19.1. The number of aromatic nitrogens is 3. The number of benzene rings is 2. The highest BCUT2D eigenvalue weighted by Gasteiger charge is 2.16. The number of nitrogens with one attached hydrogen (secondary N) is 2. The fraction of sp³-hybridized carbons (Fsp3) is 0.318. The summed E-state index contributed by atoms with van der Waals surface area (Å²) in [7, 11) is 1.91. The van der Waals surface area contributed by atoms with Crippen LogP contribution in [0.3, 0.4) is 0 Å². The predicted octanol–water partition coefficient (Wildman–Crippen LogP) is 2.99. The summed E-state index contributed by atoms with van der Waals surface area (Å²) < 4.78 is 7.65. The molecule has 29 heavy (non-hydrogen) atoms. The number of hydrogen-bond acceptors (Lipinski definition) is 5. The SMILES string of the molecule is Cc1nnc(COc2ccc(NC(=O)c3ccc4c(c3)CC(C)NC4)cc2)n1C. The van der Waals surface area contributed by atoms with Crippen molar-refractivity contribution >= 4 is 11.6 Å². The Morgan fingerprint density at radius 3 is 2.72 bits per heavy atom. The molecule has 1 atom stereocenters. The van der Waals surface area contributed by atoms with E-state index < -0.39 is 0 Å². The number of ether oxygens (including phenoxy) is 1. The molecule has 4 rings (SSSR count). The zero-order valence-corrected chi connectivity index (χ0v) is 16.9. The molecule has 1 aromatic heterocycles. The standard InChI is InChI=1S/C22H25N5O2/c1-14-10-18-11-16(4-5-17(18)12-23-14)22(28)24-19-6-8-20(9-7-19)29-13-21-26-25-15(2)27(21)3/h4-9,11,14,23H,10,12-13H2,1-3H3,(H,24,28). The summed E-state index contributed by atoms with van der Waals surface area (Å²) in [5, 5.41) is 14.5. The number of nitrogens with zero attached hydrogens (tertiary/aromatic N) is 3. The van der Waals surface area contributed by atoms with Crippen molar-refractivity contribution in [3.8, 4) is 5.75 Å². The predicted molar refractivity (Wildman–Crippen MR) is 111 cm³/mol. The lowest BCUT2D eigenvalue weighted by atomic mass is 9.94. The quantitative estimate of drug-likeness (QED) is 0.699. The van der Waals surface area contributed by atoms with Crippen LogP contribution in [-0.4, -0.2) is 26.7 Å². The second kappa shape index (κ2) is 8.05. The molecule has 7 nitrogen and oxygen atoms in total. The summed E-state index contributed by atoms with van der Waals surface area (Å²) in [4.78, 5) is 12.6. The third kappa shape index (κ3) is 4.30. The molecule has 2 heterocycles. The molecule has 0 aliphatic carbocycles. The zero-order valence-electron chi connectivity index (χ0n) is 16.9. The largest absolute Gasteiger partial charge is 0.486 e. The number of rotatable bonds is 5. The molecule has 0 saturated heterocycles. The topological polar surface area (TPSA) is 81.1 Å². The Labute approximate surface area is 170 Å². The first-order chi connectivity index (χ1) is 14.0. The van der Waals surface area contributed by atoms with Gasteiger partial charge in [-0.1, -0.05) is 6.07 Å². The molecule has 1 amide bonds. The first-order valence-electron chi connectivity index (χ1n) is 9.74.